The van der Waals surface area contributed by atoms with Gasteiger partial charge in [0, 0.05) is 38.3 Å². The van der Waals surface area contributed by atoms with Crippen molar-refractivity contribution in [1.82, 2.24) is 25.4 Å². The molecule has 3 aromatic rings. The van der Waals surface area contributed by atoms with Gasteiger partial charge in [0.25, 0.3) is 5.91 Å². The zero-order valence-corrected chi connectivity index (χ0v) is 22.5. The molecule has 0 saturated heterocycles. The van der Waals surface area contributed by atoms with Gasteiger partial charge in [-0.15, -0.1) is 0 Å². The summed E-state index contributed by atoms with van der Waals surface area (Å²) in [5, 5.41) is 6.03. The summed E-state index contributed by atoms with van der Waals surface area (Å²) in [4.78, 5) is 48.1. The lowest BCUT2D eigenvalue weighted by molar-refractivity contribution is -0.136. The Hall–Kier alpha value is -4.46. The van der Waals surface area contributed by atoms with Crippen molar-refractivity contribution in [2.24, 2.45) is 0 Å². The number of urea groups is 1. The summed E-state index contributed by atoms with van der Waals surface area (Å²) in [6.45, 7) is 4.58. The Morgan fingerprint density at radius 2 is 1.85 bits per heavy atom. The highest BCUT2D eigenvalue weighted by atomic mass is 16.2. The minimum atomic E-state index is -0.738. The molecule has 5 rings (SSSR count). The topological polar surface area (TPSA) is 94.6 Å². The van der Waals surface area contributed by atoms with E-state index in [1.165, 1.54) is 4.90 Å². The predicted octanol–water partition coefficient (Wildman–Crippen LogP) is 3.46. The number of aromatic nitrogens is 1. The summed E-state index contributed by atoms with van der Waals surface area (Å²) >= 11 is 0. The van der Waals surface area contributed by atoms with Crippen molar-refractivity contribution in [3.63, 3.8) is 0 Å². The molecule has 0 saturated carbocycles. The number of nitrogens with one attached hydrogen (secondary N) is 2. The van der Waals surface area contributed by atoms with Crippen molar-refractivity contribution in [2.45, 2.75) is 38.8 Å². The second-order valence-corrected chi connectivity index (χ2v) is 10.2. The highest BCUT2D eigenvalue weighted by Crippen LogP contribution is 2.38. The monoisotopic (exact) mass is 523 g/mol. The molecule has 0 bridgehead atoms. The van der Waals surface area contributed by atoms with Crippen molar-refractivity contribution in [1.29, 1.82) is 0 Å². The Morgan fingerprint density at radius 1 is 1.08 bits per heavy atom. The molecule has 4 amide bonds. The van der Waals surface area contributed by atoms with Crippen LogP contribution in [0.15, 0.2) is 84.2 Å². The molecule has 0 spiro atoms. The Labute approximate surface area is 228 Å². The van der Waals surface area contributed by atoms with E-state index in [4.69, 9.17) is 0 Å². The molecule has 2 aliphatic rings. The molecular weight excluding hydrogens is 490 g/mol. The zero-order chi connectivity index (χ0) is 27.5. The van der Waals surface area contributed by atoms with E-state index in [-0.39, 0.29) is 24.4 Å². The third-order valence-corrected chi connectivity index (χ3v) is 7.48. The SMILES string of the molecule is Cc1ccc(C2NC(=O)N(C)C3=C2C(=O)N(C(Cc2ccccc2)C(=O)NCCc2ccccn2)C3)c(C)c1. The molecule has 2 N–H and O–H groups in total. The van der Waals surface area contributed by atoms with E-state index in [0.717, 1.165) is 27.9 Å². The van der Waals surface area contributed by atoms with Crippen LogP contribution in [0.25, 0.3) is 0 Å². The molecule has 2 atom stereocenters. The molecule has 0 radical (unpaired) electrons. The molecule has 0 aliphatic carbocycles. The van der Waals surface area contributed by atoms with Crippen LogP contribution >= 0.6 is 0 Å². The molecule has 2 unspecified atom stereocenters. The number of aryl methyl sites for hydroxylation is 2. The van der Waals surface area contributed by atoms with E-state index in [9.17, 15) is 14.4 Å². The maximum absolute atomic E-state index is 14.1. The maximum atomic E-state index is 14.1. The van der Waals surface area contributed by atoms with E-state index in [0.29, 0.717) is 30.7 Å². The fourth-order valence-corrected chi connectivity index (χ4v) is 5.38. The second kappa shape index (κ2) is 11.1. The molecule has 0 fully saturated rings. The number of carbonyl (C=O) groups excluding carboxylic acids is 3. The third-order valence-electron chi connectivity index (χ3n) is 7.48. The molecule has 39 heavy (non-hydrogen) atoms. The number of likely N-dealkylation sites (N-methyl/N-ethyl adjacent to an activating group) is 1. The standard InChI is InChI=1S/C31H33N5O3/c1-20-12-13-24(21(2)17-20)28-27-26(35(3)31(39)34-28)19-36(30(27)38)25(18-22-9-5-4-6-10-22)29(37)33-16-14-23-11-7-8-15-32-23/h4-13,15,17,25,28H,14,16,18-19H2,1-3H3,(H,33,37)(H,34,39). The van der Waals surface area contributed by atoms with Crippen LogP contribution in [0.1, 0.15) is 34.0 Å². The average Bonchev–Trinajstić information content (AvgIpc) is 3.27. The van der Waals surface area contributed by atoms with Crippen LogP contribution in [-0.2, 0) is 22.4 Å². The summed E-state index contributed by atoms with van der Waals surface area (Å²) in [7, 11) is 1.67. The highest BCUT2D eigenvalue weighted by molar-refractivity contribution is 6.03. The molecule has 8 nitrogen and oxygen atoms in total. The van der Waals surface area contributed by atoms with Crippen LogP contribution in [-0.4, -0.2) is 58.8 Å². The van der Waals surface area contributed by atoms with Gasteiger partial charge in [0.1, 0.15) is 6.04 Å². The number of benzene rings is 2. The van der Waals surface area contributed by atoms with Crippen LogP contribution in [0.3, 0.4) is 0 Å². The largest absolute Gasteiger partial charge is 0.354 e. The van der Waals surface area contributed by atoms with Crippen LogP contribution < -0.4 is 10.6 Å². The van der Waals surface area contributed by atoms with Gasteiger partial charge >= 0.3 is 6.03 Å². The van der Waals surface area contributed by atoms with E-state index in [1.54, 1.807) is 18.1 Å². The summed E-state index contributed by atoms with van der Waals surface area (Å²) in [6.07, 6.45) is 2.68. The second-order valence-electron chi connectivity index (χ2n) is 10.2. The molecule has 1 aromatic heterocycles. The average molecular weight is 524 g/mol. The van der Waals surface area contributed by atoms with Gasteiger partial charge in [-0.25, -0.2) is 4.79 Å². The molecule has 3 heterocycles. The van der Waals surface area contributed by atoms with Gasteiger partial charge in [0.2, 0.25) is 5.91 Å². The first-order valence-electron chi connectivity index (χ1n) is 13.2. The van der Waals surface area contributed by atoms with Gasteiger partial charge in [0.15, 0.2) is 0 Å². The van der Waals surface area contributed by atoms with Crippen LogP contribution in [0, 0.1) is 13.8 Å². The third kappa shape index (κ3) is 5.41. The first-order chi connectivity index (χ1) is 18.8. The fraction of sp³-hybridized carbons (Fsp3) is 0.290. The van der Waals surface area contributed by atoms with Gasteiger partial charge in [-0.3, -0.25) is 19.5 Å². The summed E-state index contributed by atoms with van der Waals surface area (Å²) in [5.74, 6) is -0.462. The van der Waals surface area contributed by atoms with Crippen molar-refractivity contribution < 1.29 is 14.4 Å². The number of hydrogen-bond donors (Lipinski definition) is 2. The predicted molar refractivity (Wildman–Crippen MR) is 149 cm³/mol. The Balaban J connectivity index is 1.43. The minimum absolute atomic E-state index is 0.185. The Morgan fingerprint density at radius 3 is 2.56 bits per heavy atom. The lowest BCUT2D eigenvalue weighted by Gasteiger charge is -2.31. The van der Waals surface area contributed by atoms with Gasteiger partial charge in [0.05, 0.1) is 23.9 Å². The van der Waals surface area contributed by atoms with Crippen LogP contribution in [0.4, 0.5) is 4.79 Å². The van der Waals surface area contributed by atoms with Crippen LogP contribution in [0.2, 0.25) is 0 Å². The Bertz CT molecular complexity index is 1420. The molecular formula is C31H33N5O3. The smallest absolute Gasteiger partial charge is 0.322 e. The zero-order valence-electron chi connectivity index (χ0n) is 22.5. The number of carbonyl (C=O) groups is 3. The van der Waals surface area contributed by atoms with Crippen molar-refractivity contribution >= 4 is 17.8 Å². The molecule has 200 valence electrons. The number of amides is 4. The van der Waals surface area contributed by atoms with Crippen molar-refractivity contribution in [3.05, 3.63) is 112 Å². The number of rotatable bonds is 8. The lowest BCUT2D eigenvalue weighted by atomic mass is 9.91. The highest BCUT2D eigenvalue weighted by Gasteiger charge is 2.46. The quantitative estimate of drug-likeness (QED) is 0.473. The number of hydrogen-bond acceptors (Lipinski definition) is 4. The lowest BCUT2D eigenvalue weighted by Crippen LogP contribution is -2.50. The first kappa shape index (κ1) is 26.2. The normalized spacial score (nSPS) is 17.7. The van der Waals surface area contributed by atoms with Gasteiger partial charge in [-0.1, -0.05) is 60.2 Å². The van der Waals surface area contributed by atoms with Gasteiger partial charge in [-0.05, 0) is 42.7 Å². The fourth-order valence-electron chi connectivity index (χ4n) is 5.38. The van der Waals surface area contributed by atoms with E-state index < -0.39 is 12.1 Å². The van der Waals surface area contributed by atoms with Crippen molar-refractivity contribution in [3.8, 4) is 0 Å². The Kier molecular flexibility index (Phi) is 7.45. The number of pyridine rings is 1. The summed E-state index contributed by atoms with van der Waals surface area (Å²) < 4.78 is 0. The molecule has 2 aromatic carbocycles. The summed E-state index contributed by atoms with van der Waals surface area (Å²) in [6, 6.07) is 19.8. The number of nitrogens with zero attached hydrogens (tertiary/aromatic N) is 3. The van der Waals surface area contributed by atoms with Gasteiger partial charge < -0.3 is 15.5 Å². The summed E-state index contributed by atoms with van der Waals surface area (Å²) in [5.41, 5.74) is 5.97. The molecule has 2 aliphatic heterocycles. The van der Waals surface area contributed by atoms with E-state index >= 15 is 0 Å². The van der Waals surface area contributed by atoms with Gasteiger partial charge in [-0.2, -0.15) is 0 Å². The van der Waals surface area contributed by atoms with Crippen molar-refractivity contribution in [2.75, 3.05) is 20.1 Å². The van der Waals surface area contributed by atoms with E-state index in [2.05, 4.69) is 15.6 Å². The van der Waals surface area contributed by atoms with E-state index in [1.807, 2.05) is 80.6 Å². The minimum Gasteiger partial charge on any atom is -0.354 e. The van der Waals surface area contributed by atoms with Crippen LogP contribution in [0.5, 0.6) is 0 Å². The first-order valence-corrected chi connectivity index (χ1v) is 13.2. The molecule has 8 heteroatoms. The maximum Gasteiger partial charge on any atom is 0.322 e.